The number of hydrogen-bond acceptors (Lipinski definition) is 5. The quantitative estimate of drug-likeness (QED) is 0.760. The van der Waals surface area contributed by atoms with Crippen molar-refractivity contribution in [2.75, 3.05) is 13.2 Å². The number of benzene rings is 1. The molecule has 0 aromatic heterocycles. The van der Waals surface area contributed by atoms with E-state index >= 15 is 0 Å². The Bertz CT molecular complexity index is 681. The molecule has 1 aromatic rings. The third-order valence-electron chi connectivity index (χ3n) is 3.35. The first-order valence-electron chi connectivity index (χ1n) is 6.68. The summed E-state index contributed by atoms with van der Waals surface area (Å²) in [5.41, 5.74) is -1.41. The molecule has 10 heteroatoms. The predicted molar refractivity (Wildman–Crippen MR) is 87.1 cm³/mol. The standard InChI is InChI=1S/C13H14Cl3NO5S/c14-7-4-8(15)12(9(16)5-7)23(20,21)13(22-6-11(18)19)10-2-1-3-17-10/h4-5,10,13,17H,1-3,6H2,(H,18,19). The summed E-state index contributed by atoms with van der Waals surface area (Å²) in [6.07, 6.45) is 1.29. The van der Waals surface area contributed by atoms with Gasteiger partial charge in [0.2, 0.25) is 9.84 Å². The van der Waals surface area contributed by atoms with Gasteiger partial charge in [-0.1, -0.05) is 34.8 Å². The summed E-state index contributed by atoms with van der Waals surface area (Å²) in [4.78, 5) is 10.4. The number of carboxylic acids is 1. The van der Waals surface area contributed by atoms with Gasteiger partial charge in [0.1, 0.15) is 11.5 Å². The third-order valence-corrected chi connectivity index (χ3v) is 6.48. The Morgan fingerprint density at radius 1 is 1.35 bits per heavy atom. The number of ether oxygens (including phenoxy) is 1. The van der Waals surface area contributed by atoms with Crippen molar-refractivity contribution in [1.82, 2.24) is 5.32 Å². The molecule has 0 saturated carbocycles. The molecule has 1 fully saturated rings. The van der Waals surface area contributed by atoms with Gasteiger partial charge in [-0.3, -0.25) is 0 Å². The SMILES string of the molecule is O=C(O)COC(C1CCCN1)S(=O)(=O)c1c(Cl)cc(Cl)cc1Cl. The van der Waals surface area contributed by atoms with E-state index in [9.17, 15) is 13.2 Å². The van der Waals surface area contributed by atoms with Gasteiger partial charge < -0.3 is 15.2 Å². The number of rotatable bonds is 6. The van der Waals surface area contributed by atoms with E-state index in [-0.39, 0.29) is 20.0 Å². The normalized spacial score (nSPS) is 19.7. The largest absolute Gasteiger partial charge is 0.480 e. The molecule has 0 aliphatic carbocycles. The second-order valence-corrected chi connectivity index (χ2v) is 8.23. The number of halogens is 3. The molecule has 0 bridgehead atoms. The topological polar surface area (TPSA) is 92.7 Å². The third kappa shape index (κ3) is 4.29. The Labute approximate surface area is 148 Å². The molecule has 0 spiro atoms. The predicted octanol–water partition coefficient (Wildman–Crippen LogP) is 2.60. The highest BCUT2D eigenvalue weighted by atomic mass is 35.5. The zero-order chi connectivity index (χ0) is 17.2. The van der Waals surface area contributed by atoms with Crippen molar-refractivity contribution in [3.63, 3.8) is 0 Å². The van der Waals surface area contributed by atoms with Crippen LogP contribution in [-0.2, 0) is 19.4 Å². The van der Waals surface area contributed by atoms with Crippen LogP contribution in [-0.4, -0.2) is 44.1 Å². The lowest BCUT2D eigenvalue weighted by molar-refractivity contribution is -0.143. The van der Waals surface area contributed by atoms with E-state index in [2.05, 4.69) is 5.32 Å². The average molecular weight is 403 g/mol. The molecular formula is C13H14Cl3NO5S. The first-order valence-corrected chi connectivity index (χ1v) is 9.36. The van der Waals surface area contributed by atoms with Gasteiger partial charge in [-0.15, -0.1) is 0 Å². The fraction of sp³-hybridized carbons (Fsp3) is 0.462. The van der Waals surface area contributed by atoms with Gasteiger partial charge in [-0.25, -0.2) is 13.2 Å². The lowest BCUT2D eigenvalue weighted by atomic mass is 10.2. The van der Waals surface area contributed by atoms with Gasteiger partial charge in [-0.05, 0) is 31.5 Å². The highest BCUT2D eigenvalue weighted by Crippen LogP contribution is 2.36. The molecule has 2 N–H and O–H groups in total. The molecule has 23 heavy (non-hydrogen) atoms. The van der Waals surface area contributed by atoms with E-state index in [0.29, 0.717) is 13.0 Å². The Morgan fingerprint density at radius 2 is 1.96 bits per heavy atom. The summed E-state index contributed by atoms with van der Waals surface area (Å²) in [6.45, 7) is -0.125. The van der Waals surface area contributed by atoms with Crippen molar-refractivity contribution < 1.29 is 23.1 Å². The van der Waals surface area contributed by atoms with Gasteiger partial charge in [-0.2, -0.15) is 0 Å². The minimum Gasteiger partial charge on any atom is -0.480 e. The molecule has 2 unspecified atom stereocenters. The Kier molecular flexibility index (Phi) is 6.16. The summed E-state index contributed by atoms with van der Waals surface area (Å²) in [6, 6.07) is 1.98. The molecule has 2 rings (SSSR count). The number of nitrogens with one attached hydrogen (secondary N) is 1. The molecule has 1 aliphatic rings. The van der Waals surface area contributed by atoms with Crippen LogP contribution in [0.1, 0.15) is 12.8 Å². The minimum atomic E-state index is -4.13. The van der Waals surface area contributed by atoms with Gasteiger partial charge in [0.05, 0.1) is 10.0 Å². The second kappa shape index (κ2) is 7.55. The molecule has 1 aliphatic heterocycles. The Balaban J connectivity index is 2.45. The lowest BCUT2D eigenvalue weighted by Gasteiger charge is -2.24. The first kappa shape index (κ1) is 18.8. The van der Waals surface area contributed by atoms with Crippen LogP contribution in [0.2, 0.25) is 15.1 Å². The van der Waals surface area contributed by atoms with Gasteiger partial charge in [0, 0.05) is 11.1 Å². The number of carboxylic acid groups (broad SMARTS) is 1. The highest BCUT2D eigenvalue weighted by molar-refractivity contribution is 7.92. The van der Waals surface area contributed by atoms with E-state index in [1.54, 1.807) is 0 Å². The molecule has 1 aromatic carbocycles. The van der Waals surface area contributed by atoms with E-state index in [0.717, 1.165) is 6.42 Å². The van der Waals surface area contributed by atoms with Gasteiger partial charge >= 0.3 is 5.97 Å². The fourth-order valence-electron chi connectivity index (χ4n) is 2.44. The van der Waals surface area contributed by atoms with E-state index in [4.69, 9.17) is 44.6 Å². The van der Waals surface area contributed by atoms with Crippen LogP contribution in [0.25, 0.3) is 0 Å². The van der Waals surface area contributed by atoms with Crippen LogP contribution in [0.15, 0.2) is 17.0 Å². The molecule has 0 radical (unpaired) electrons. The minimum absolute atomic E-state index is 0.135. The van der Waals surface area contributed by atoms with Crippen LogP contribution < -0.4 is 5.32 Å². The van der Waals surface area contributed by atoms with Crippen molar-refractivity contribution in [3.05, 3.63) is 27.2 Å². The molecular weight excluding hydrogens is 389 g/mol. The number of aliphatic carboxylic acids is 1. The van der Waals surface area contributed by atoms with E-state index in [1.165, 1.54) is 12.1 Å². The molecule has 1 heterocycles. The van der Waals surface area contributed by atoms with Crippen molar-refractivity contribution in [3.8, 4) is 0 Å². The van der Waals surface area contributed by atoms with Crippen molar-refractivity contribution in [2.45, 2.75) is 29.2 Å². The summed E-state index contributed by atoms with van der Waals surface area (Å²) in [7, 11) is -4.13. The van der Waals surface area contributed by atoms with Crippen LogP contribution in [0.3, 0.4) is 0 Å². The van der Waals surface area contributed by atoms with E-state index < -0.39 is 33.9 Å². The van der Waals surface area contributed by atoms with Gasteiger partial charge in [0.15, 0.2) is 5.44 Å². The summed E-state index contributed by atoms with van der Waals surface area (Å²) in [5, 5.41) is 11.7. The average Bonchev–Trinajstić information content (AvgIpc) is 2.90. The van der Waals surface area contributed by atoms with Crippen molar-refractivity contribution in [1.29, 1.82) is 0 Å². The zero-order valence-electron chi connectivity index (χ0n) is 11.8. The maximum absolute atomic E-state index is 12.9. The highest BCUT2D eigenvalue weighted by Gasteiger charge is 2.40. The second-order valence-electron chi connectivity index (χ2n) is 5.02. The van der Waals surface area contributed by atoms with Crippen molar-refractivity contribution in [2.24, 2.45) is 0 Å². The first-order chi connectivity index (χ1) is 10.7. The monoisotopic (exact) mass is 401 g/mol. The van der Waals surface area contributed by atoms with Crippen LogP contribution >= 0.6 is 34.8 Å². The van der Waals surface area contributed by atoms with Crippen molar-refractivity contribution >= 4 is 50.6 Å². The van der Waals surface area contributed by atoms with Gasteiger partial charge in [0.25, 0.3) is 0 Å². The molecule has 1 saturated heterocycles. The van der Waals surface area contributed by atoms with Crippen LogP contribution in [0, 0.1) is 0 Å². The Hall–Kier alpha value is -0.570. The fourth-order valence-corrected chi connectivity index (χ4v) is 5.70. The maximum atomic E-state index is 12.9. The summed E-state index contributed by atoms with van der Waals surface area (Å²) < 4.78 is 31.0. The molecule has 0 amide bonds. The van der Waals surface area contributed by atoms with Crippen LogP contribution in [0.4, 0.5) is 0 Å². The zero-order valence-corrected chi connectivity index (χ0v) is 14.8. The van der Waals surface area contributed by atoms with Crippen LogP contribution in [0.5, 0.6) is 0 Å². The molecule has 2 atom stereocenters. The smallest absolute Gasteiger partial charge is 0.329 e. The summed E-state index contributed by atoms with van der Waals surface area (Å²) >= 11 is 17.8. The maximum Gasteiger partial charge on any atom is 0.329 e. The Morgan fingerprint density at radius 3 is 2.43 bits per heavy atom. The number of carbonyl (C=O) groups is 1. The number of hydrogen-bond donors (Lipinski definition) is 2. The number of sulfone groups is 1. The molecule has 128 valence electrons. The lowest BCUT2D eigenvalue weighted by Crippen LogP contribution is -2.43. The molecule has 6 nitrogen and oxygen atoms in total. The van der Waals surface area contributed by atoms with E-state index in [1.807, 2.05) is 0 Å². The summed E-state index contributed by atoms with van der Waals surface area (Å²) in [5.74, 6) is -1.27.